The van der Waals surface area contributed by atoms with E-state index in [-0.39, 0.29) is 11.9 Å². The van der Waals surface area contributed by atoms with Crippen LogP contribution in [0.4, 0.5) is 0 Å². The van der Waals surface area contributed by atoms with Crippen LogP contribution in [0.15, 0.2) is 48.0 Å². The van der Waals surface area contributed by atoms with E-state index in [1.807, 2.05) is 36.9 Å². The summed E-state index contributed by atoms with van der Waals surface area (Å²) >= 11 is 1.42. The summed E-state index contributed by atoms with van der Waals surface area (Å²) < 4.78 is 0. The van der Waals surface area contributed by atoms with Crippen molar-refractivity contribution in [2.45, 2.75) is 32.7 Å². The molecular weight excluding hydrogens is 342 g/mol. The third-order valence-electron chi connectivity index (χ3n) is 4.88. The normalized spacial score (nSPS) is 16.8. The molecule has 0 N–H and O–H groups in total. The molecule has 1 aliphatic heterocycles. The van der Waals surface area contributed by atoms with Crippen molar-refractivity contribution in [3.8, 4) is 11.1 Å². The predicted molar refractivity (Wildman–Crippen MR) is 104 cm³/mol. The zero-order valence-corrected chi connectivity index (χ0v) is 15.8. The molecule has 0 saturated carbocycles. The molecular formula is C21H21N3OS. The van der Waals surface area contributed by atoms with Crippen molar-refractivity contribution >= 4 is 17.2 Å². The van der Waals surface area contributed by atoms with E-state index >= 15 is 0 Å². The summed E-state index contributed by atoms with van der Waals surface area (Å²) in [5.41, 5.74) is 6.85. The number of thiazole rings is 1. The van der Waals surface area contributed by atoms with Gasteiger partial charge in [-0.25, -0.2) is 4.98 Å². The second-order valence-electron chi connectivity index (χ2n) is 6.71. The van der Waals surface area contributed by atoms with Crippen LogP contribution in [-0.4, -0.2) is 27.3 Å². The zero-order chi connectivity index (χ0) is 18.1. The van der Waals surface area contributed by atoms with Gasteiger partial charge in [-0.15, -0.1) is 11.3 Å². The summed E-state index contributed by atoms with van der Waals surface area (Å²) in [6, 6.07) is 14.6. The highest BCUT2D eigenvalue weighted by molar-refractivity contribution is 7.11. The van der Waals surface area contributed by atoms with Crippen LogP contribution in [0.25, 0.3) is 11.1 Å². The van der Waals surface area contributed by atoms with Gasteiger partial charge in [0, 0.05) is 12.2 Å². The molecule has 0 radical (unpaired) electrons. The summed E-state index contributed by atoms with van der Waals surface area (Å²) in [4.78, 5) is 24.7. The molecule has 132 valence electrons. The molecule has 3 heterocycles. The Bertz CT molecular complexity index is 935. The largest absolute Gasteiger partial charge is 0.329 e. The lowest BCUT2D eigenvalue weighted by Crippen LogP contribution is -2.31. The first-order valence-corrected chi connectivity index (χ1v) is 9.76. The molecule has 1 unspecified atom stereocenters. The van der Waals surface area contributed by atoms with Crippen molar-refractivity contribution in [2.24, 2.45) is 0 Å². The number of amides is 1. The monoisotopic (exact) mass is 363 g/mol. The lowest BCUT2D eigenvalue weighted by Gasteiger charge is -2.24. The van der Waals surface area contributed by atoms with Gasteiger partial charge in [0.15, 0.2) is 0 Å². The van der Waals surface area contributed by atoms with Crippen LogP contribution >= 0.6 is 11.3 Å². The van der Waals surface area contributed by atoms with Crippen molar-refractivity contribution in [2.75, 3.05) is 6.54 Å². The van der Waals surface area contributed by atoms with Crippen LogP contribution < -0.4 is 0 Å². The van der Waals surface area contributed by atoms with E-state index in [2.05, 4.69) is 29.2 Å². The third kappa shape index (κ3) is 3.15. The zero-order valence-electron chi connectivity index (χ0n) is 15.0. The number of hydrogen-bond acceptors (Lipinski definition) is 4. The van der Waals surface area contributed by atoms with Gasteiger partial charge in [0.25, 0.3) is 5.91 Å². The number of nitrogens with zero attached hydrogens (tertiary/aromatic N) is 3. The van der Waals surface area contributed by atoms with Crippen molar-refractivity contribution in [3.05, 3.63) is 69.9 Å². The molecule has 5 heteroatoms. The second-order valence-corrected chi connectivity index (χ2v) is 7.57. The second kappa shape index (κ2) is 7.00. The van der Waals surface area contributed by atoms with Gasteiger partial charge in [-0.05, 0) is 49.9 Å². The molecule has 1 fully saturated rings. The van der Waals surface area contributed by atoms with E-state index in [1.165, 1.54) is 16.9 Å². The van der Waals surface area contributed by atoms with Crippen LogP contribution in [0.3, 0.4) is 0 Å². The minimum absolute atomic E-state index is 0.0337. The Morgan fingerprint density at radius 3 is 2.69 bits per heavy atom. The van der Waals surface area contributed by atoms with Gasteiger partial charge < -0.3 is 4.90 Å². The molecule has 0 bridgehead atoms. The minimum atomic E-state index is 0.0337. The lowest BCUT2D eigenvalue weighted by atomic mass is 10.0. The Balaban J connectivity index is 1.69. The number of benzene rings is 1. The quantitative estimate of drug-likeness (QED) is 0.671. The topological polar surface area (TPSA) is 46.1 Å². The van der Waals surface area contributed by atoms with E-state index in [4.69, 9.17) is 4.98 Å². The summed E-state index contributed by atoms with van der Waals surface area (Å²) in [5, 5.41) is 0. The molecule has 26 heavy (non-hydrogen) atoms. The van der Waals surface area contributed by atoms with Crippen molar-refractivity contribution < 1.29 is 4.79 Å². The molecule has 4 rings (SSSR count). The Hall–Kier alpha value is -2.53. The Morgan fingerprint density at radius 1 is 1.15 bits per heavy atom. The fraction of sp³-hybridized carbons (Fsp3) is 0.286. The van der Waals surface area contributed by atoms with Crippen LogP contribution in [0.2, 0.25) is 0 Å². The first-order chi connectivity index (χ1) is 12.6. The first kappa shape index (κ1) is 16.9. The predicted octanol–water partition coefficient (Wildman–Crippen LogP) is 4.80. The third-order valence-corrected chi connectivity index (χ3v) is 5.79. The first-order valence-electron chi connectivity index (χ1n) is 8.88. The number of rotatable bonds is 3. The standard InChI is InChI=1S/C21H21N3OS/c1-14-11-17(16-7-4-3-5-8-16)12-18(23-14)19-9-6-10-24(19)21(25)20-15(2)22-13-26-20/h3-5,7-8,11-13,19H,6,9-10H2,1-2H3. The van der Waals surface area contributed by atoms with E-state index < -0.39 is 0 Å². The molecule has 2 aromatic heterocycles. The van der Waals surface area contributed by atoms with E-state index in [0.717, 1.165) is 46.9 Å². The average molecular weight is 363 g/mol. The average Bonchev–Trinajstić information content (AvgIpc) is 3.30. The minimum Gasteiger partial charge on any atom is -0.329 e. The molecule has 1 aliphatic rings. The van der Waals surface area contributed by atoms with Gasteiger partial charge in [-0.3, -0.25) is 9.78 Å². The molecule has 1 saturated heterocycles. The van der Waals surface area contributed by atoms with E-state index in [1.54, 1.807) is 5.51 Å². The molecule has 0 spiro atoms. The highest BCUT2D eigenvalue weighted by Gasteiger charge is 2.33. The summed E-state index contributed by atoms with van der Waals surface area (Å²) in [7, 11) is 0. The number of aromatic nitrogens is 2. The highest BCUT2D eigenvalue weighted by atomic mass is 32.1. The molecule has 1 atom stereocenters. The van der Waals surface area contributed by atoms with Crippen molar-refractivity contribution in [3.63, 3.8) is 0 Å². The lowest BCUT2D eigenvalue weighted by molar-refractivity contribution is 0.0737. The summed E-state index contributed by atoms with van der Waals surface area (Å²) in [6.07, 6.45) is 1.96. The highest BCUT2D eigenvalue weighted by Crippen LogP contribution is 2.35. The van der Waals surface area contributed by atoms with Gasteiger partial charge in [0.05, 0.1) is 22.9 Å². The van der Waals surface area contributed by atoms with Crippen LogP contribution in [0.5, 0.6) is 0 Å². The van der Waals surface area contributed by atoms with Gasteiger partial charge >= 0.3 is 0 Å². The number of hydrogen-bond donors (Lipinski definition) is 0. The smallest absolute Gasteiger partial charge is 0.266 e. The Morgan fingerprint density at radius 2 is 1.96 bits per heavy atom. The number of pyridine rings is 1. The summed E-state index contributed by atoms with van der Waals surface area (Å²) in [6.45, 7) is 4.69. The number of likely N-dealkylation sites (tertiary alicyclic amines) is 1. The summed E-state index contributed by atoms with van der Waals surface area (Å²) in [5.74, 6) is 0.0806. The van der Waals surface area contributed by atoms with Crippen LogP contribution in [-0.2, 0) is 0 Å². The van der Waals surface area contributed by atoms with Crippen LogP contribution in [0, 0.1) is 13.8 Å². The van der Waals surface area contributed by atoms with Crippen molar-refractivity contribution in [1.29, 1.82) is 0 Å². The maximum atomic E-state index is 13.0. The fourth-order valence-electron chi connectivity index (χ4n) is 3.62. The van der Waals surface area contributed by atoms with Crippen LogP contribution in [0.1, 0.15) is 45.6 Å². The molecule has 4 nitrogen and oxygen atoms in total. The molecule has 0 aliphatic carbocycles. The number of carbonyl (C=O) groups is 1. The van der Waals surface area contributed by atoms with Gasteiger partial charge in [0.2, 0.25) is 0 Å². The van der Waals surface area contributed by atoms with E-state index in [9.17, 15) is 4.79 Å². The maximum Gasteiger partial charge on any atom is 0.266 e. The Kier molecular flexibility index (Phi) is 4.55. The van der Waals surface area contributed by atoms with Gasteiger partial charge in [0.1, 0.15) is 4.88 Å². The van der Waals surface area contributed by atoms with Gasteiger partial charge in [-0.1, -0.05) is 30.3 Å². The number of aryl methyl sites for hydroxylation is 2. The number of carbonyl (C=O) groups excluding carboxylic acids is 1. The Labute approximate surface area is 157 Å². The van der Waals surface area contributed by atoms with E-state index in [0.29, 0.717) is 0 Å². The molecule has 3 aromatic rings. The molecule has 1 amide bonds. The SMILES string of the molecule is Cc1cc(-c2ccccc2)cc(C2CCCN2C(=O)c2scnc2C)n1. The molecule has 1 aromatic carbocycles. The van der Waals surface area contributed by atoms with Crippen molar-refractivity contribution in [1.82, 2.24) is 14.9 Å². The fourth-order valence-corrected chi connectivity index (χ4v) is 4.37. The maximum absolute atomic E-state index is 13.0. The van der Waals surface area contributed by atoms with Gasteiger partial charge in [-0.2, -0.15) is 0 Å².